The Balaban J connectivity index is 1.95. The fourth-order valence-corrected chi connectivity index (χ4v) is 4.15. The van der Waals surface area contributed by atoms with Crippen molar-refractivity contribution in [3.8, 4) is 0 Å². The number of benzene rings is 1. The Morgan fingerprint density at radius 2 is 1.71 bits per heavy atom. The van der Waals surface area contributed by atoms with E-state index in [1.54, 1.807) is 12.1 Å². The van der Waals surface area contributed by atoms with E-state index in [1.807, 2.05) is 0 Å². The Morgan fingerprint density at radius 1 is 1.17 bits per heavy atom. The second-order valence-electron chi connectivity index (χ2n) is 7.00. The topological polar surface area (TPSA) is 69.7 Å². The van der Waals surface area contributed by atoms with E-state index in [0.29, 0.717) is 24.1 Å². The Hall–Kier alpha value is -1.44. The summed E-state index contributed by atoms with van der Waals surface area (Å²) in [7, 11) is -0.461. The summed E-state index contributed by atoms with van der Waals surface area (Å²) in [6, 6.07) is 6.26. The third-order valence-electron chi connectivity index (χ3n) is 4.23. The third-order valence-corrected chi connectivity index (χ3v) is 6.06. The van der Waals surface area contributed by atoms with E-state index in [9.17, 15) is 13.2 Å². The minimum atomic E-state index is -3.44. The normalized spacial score (nSPS) is 22.5. The maximum Gasteiger partial charge on any atom is 0.242 e. The van der Waals surface area contributed by atoms with Gasteiger partial charge in [-0.05, 0) is 42.5 Å². The largest absolute Gasteiger partial charge is 0.325 e. The molecule has 1 amide bonds. The van der Waals surface area contributed by atoms with E-state index >= 15 is 0 Å². The first-order chi connectivity index (χ1) is 11.2. The van der Waals surface area contributed by atoms with Gasteiger partial charge in [0.1, 0.15) is 0 Å². The van der Waals surface area contributed by atoms with Crippen LogP contribution < -0.4 is 5.32 Å². The number of hydrogen-bond acceptors (Lipinski definition) is 4. The highest BCUT2D eigenvalue weighted by molar-refractivity contribution is 7.89. The highest BCUT2D eigenvalue weighted by atomic mass is 32.2. The van der Waals surface area contributed by atoms with Gasteiger partial charge in [0.25, 0.3) is 0 Å². The Kier molecular flexibility index (Phi) is 6.01. The molecule has 1 aromatic rings. The maximum atomic E-state index is 12.2. The van der Waals surface area contributed by atoms with Crippen LogP contribution >= 0.6 is 0 Å². The number of carbonyl (C=O) groups excluding carboxylic acids is 1. The van der Waals surface area contributed by atoms with Crippen molar-refractivity contribution in [2.24, 2.45) is 11.8 Å². The summed E-state index contributed by atoms with van der Waals surface area (Å²) < 4.78 is 25.2. The zero-order valence-electron chi connectivity index (χ0n) is 14.8. The van der Waals surface area contributed by atoms with E-state index in [2.05, 4.69) is 24.1 Å². The SMILES string of the molecule is C[C@@H]1C[C@H](C)CN(CC(=O)Nc2ccc(S(=O)(=O)N(C)C)cc2)C1. The second-order valence-corrected chi connectivity index (χ2v) is 9.15. The lowest BCUT2D eigenvalue weighted by molar-refractivity contribution is -0.117. The van der Waals surface area contributed by atoms with Crippen molar-refractivity contribution in [1.29, 1.82) is 0 Å². The number of hydrogen-bond donors (Lipinski definition) is 1. The number of anilines is 1. The van der Waals surface area contributed by atoms with E-state index < -0.39 is 10.0 Å². The molecule has 7 heteroatoms. The smallest absolute Gasteiger partial charge is 0.242 e. The van der Waals surface area contributed by atoms with Crippen molar-refractivity contribution in [3.63, 3.8) is 0 Å². The molecule has 0 bridgehead atoms. The van der Waals surface area contributed by atoms with Crippen molar-refractivity contribution < 1.29 is 13.2 Å². The Labute approximate surface area is 144 Å². The van der Waals surface area contributed by atoms with Gasteiger partial charge in [0.15, 0.2) is 0 Å². The average molecular weight is 353 g/mol. The zero-order valence-corrected chi connectivity index (χ0v) is 15.6. The van der Waals surface area contributed by atoms with Gasteiger partial charge in [0, 0.05) is 32.9 Å². The molecule has 0 aromatic heterocycles. The van der Waals surface area contributed by atoms with Gasteiger partial charge in [-0.2, -0.15) is 0 Å². The quantitative estimate of drug-likeness (QED) is 0.877. The summed E-state index contributed by atoms with van der Waals surface area (Å²) in [5.41, 5.74) is 0.607. The van der Waals surface area contributed by atoms with Crippen LogP contribution in [0, 0.1) is 11.8 Å². The van der Waals surface area contributed by atoms with Gasteiger partial charge < -0.3 is 5.32 Å². The summed E-state index contributed by atoms with van der Waals surface area (Å²) in [5.74, 6) is 1.15. The molecule has 2 atom stereocenters. The molecule has 1 heterocycles. The Bertz CT molecular complexity index is 661. The first-order valence-corrected chi connectivity index (χ1v) is 9.67. The summed E-state index contributed by atoms with van der Waals surface area (Å²) in [5, 5.41) is 2.84. The minimum Gasteiger partial charge on any atom is -0.325 e. The third kappa shape index (κ3) is 4.78. The van der Waals surface area contributed by atoms with E-state index in [4.69, 9.17) is 0 Å². The van der Waals surface area contributed by atoms with Crippen molar-refractivity contribution in [2.45, 2.75) is 25.2 Å². The molecule has 1 fully saturated rings. The molecule has 0 saturated carbocycles. The zero-order chi connectivity index (χ0) is 17.9. The molecule has 1 aliphatic heterocycles. The number of nitrogens with one attached hydrogen (secondary N) is 1. The minimum absolute atomic E-state index is 0.0699. The molecular weight excluding hydrogens is 326 g/mol. The molecule has 0 unspecified atom stereocenters. The van der Waals surface area contributed by atoms with E-state index in [0.717, 1.165) is 13.1 Å². The standard InChI is InChI=1S/C17H27N3O3S/c1-13-9-14(2)11-20(10-13)12-17(21)18-15-5-7-16(8-6-15)24(22,23)19(3)4/h5-8,13-14H,9-12H2,1-4H3,(H,18,21)/t13-,14+. The molecule has 1 aromatic carbocycles. The molecule has 1 N–H and O–H groups in total. The second kappa shape index (κ2) is 7.63. The highest BCUT2D eigenvalue weighted by Gasteiger charge is 2.23. The van der Waals surface area contributed by atoms with Gasteiger partial charge in [-0.1, -0.05) is 13.8 Å². The van der Waals surface area contributed by atoms with Crippen molar-refractivity contribution in [2.75, 3.05) is 39.0 Å². The van der Waals surface area contributed by atoms with Crippen LogP contribution in [0.1, 0.15) is 20.3 Å². The predicted octanol–water partition coefficient (Wildman–Crippen LogP) is 1.85. The molecule has 24 heavy (non-hydrogen) atoms. The molecular formula is C17H27N3O3S. The monoisotopic (exact) mass is 353 g/mol. The first kappa shape index (κ1) is 18.9. The first-order valence-electron chi connectivity index (χ1n) is 8.23. The van der Waals surface area contributed by atoms with Gasteiger partial charge in [-0.3, -0.25) is 9.69 Å². The molecule has 0 radical (unpaired) electrons. The number of sulfonamides is 1. The van der Waals surface area contributed by atoms with E-state index in [1.165, 1.54) is 37.0 Å². The predicted molar refractivity (Wildman–Crippen MR) is 95.3 cm³/mol. The summed E-state index contributed by atoms with van der Waals surface area (Å²) in [6.45, 7) is 6.68. The molecule has 1 saturated heterocycles. The fourth-order valence-electron chi connectivity index (χ4n) is 3.25. The fraction of sp³-hybridized carbons (Fsp3) is 0.588. The van der Waals surface area contributed by atoms with Gasteiger partial charge in [-0.15, -0.1) is 0 Å². The highest BCUT2D eigenvalue weighted by Crippen LogP contribution is 2.21. The summed E-state index contributed by atoms with van der Waals surface area (Å²) in [6.07, 6.45) is 1.21. The molecule has 2 rings (SSSR count). The number of piperidine rings is 1. The molecule has 6 nitrogen and oxygen atoms in total. The number of nitrogens with zero attached hydrogens (tertiary/aromatic N) is 2. The number of carbonyl (C=O) groups is 1. The van der Waals surface area contributed by atoms with Crippen LogP contribution in [0.4, 0.5) is 5.69 Å². The van der Waals surface area contributed by atoms with Gasteiger partial charge in [0.05, 0.1) is 11.4 Å². The number of rotatable bonds is 5. The van der Waals surface area contributed by atoms with Crippen LogP contribution in [0.2, 0.25) is 0 Å². The van der Waals surface area contributed by atoms with Gasteiger partial charge in [-0.25, -0.2) is 12.7 Å². The lowest BCUT2D eigenvalue weighted by atomic mass is 9.92. The van der Waals surface area contributed by atoms with Crippen LogP contribution in [-0.4, -0.2) is 57.3 Å². The van der Waals surface area contributed by atoms with Gasteiger partial charge >= 0.3 is 0 Å². The average Bonchev–Trinajstić information content (AvgIpc) is 2.46. The lowest BCUT2D eigenvalue weighted by Crippen LogP contribution is -2.42. The van der Waals surface area contributed by atoms with Crippen molar-refractivity contribution in [1.82, 2.24) is 9.21 Å². The molecule has 134 valence electrons. The Morgan fingerprint density at radius 3 is 2.21 bits per heavy atom. The molecule has 1 aliphatic rings. The van der Waals surface area contributed by atoms with Crippen LogP contribution in [0.15, 0.2) is 29.2 Å². The van der Waals surface area contributed by atoms with Crippen molar-refractivity contribution in [3.05, 3.63) is 24.3 Å². The van der Waals surface area contributed by atoms with Crippen LogP contribution in [0.25, 0.3) is 0 Å². The number of amides is 1. The summed E-state index contributed by atoms with van der Waals surface area (Å²) in [4.78, 5) is 14.6. The number of likely N-dealkylation sites (tertiary alicyclic amines) is 1. The lowest BCUT2D eigenvalue weighted by Gasteiger charge is -2.34. The summed E-state index contributed by atoms with van der Waals surface area (Å²) >= 11 is 0. The molecule has 0 aliphatic carbocycles. The molecule has 0 spiro atoms. The van der Waals surface area contributed by atoms with Crippen LogP contribution in [0.3, 0.4) is 0 Å². The van der Waals surface area contributed by atoms with Gasteiger partial charge in [0.2, 0.25) is 15.9 Å². The van der Waals surface area contributed by atoms with Crippen LogP contribution in [0.5, 0.6) is 0 Å². The van der Waals surface area contributed by atoms with Crippen molar-refractivity contribution >= 4 is 21.6 Å². The maximum absolute atomic E-state index is 12.2. The van der Waals surface area contributed by atoms with E-state index in [-0.39, 0.29) is 10.8 Å². The van der Waals surface area contributed by atoms with Crippen LogP contribution in [-0.2, 0) is 14.8 Å².